The third-order valence-corrected chi connectivity index (χ3v) is 4.55. The second-order valence-corrected chi connectivity index (χ2v) is 6.20. The molecule has 2 unspecified atom stereocenters. The predicted molar refractivity (Wildman–Crippen MR) is 76.2 cm³/mol. The molecule has 1 fully saturated rings. The lowest BCUT2D eigenvalue weighted by molar-refractivity contribution is 0.254. The van der Waals surface area contributed by atoms with Gasteiger partial charge in [-0.2, -0.15) is 11.8 Å². The van der Waals surface area contributed by atoms with E-state index in [9.17, 15) is 0 Å². The van der Waals surface area contributed by atoms with Crippen LogP contribution in [0.5, 0.6) is 0 Å². The normalized spacial score (nSPS) is 25.9. The molecule has 0 saturated heterocycles. The van der Waals surface area contributed by atoms with Gasteiger partial charge in [0.05, 0.1) is 0 Å². The third kappa shape index (κ3) is 6.15. The summed E-state index contributed by atoms with van der Waals surface area (Å²) in [5, 5.41) is 3.65. The van der Waals surface area contributed by atoms with Crippen LogP contribution in [0.4, 0.5) is 0 Å². The lowest BCUT2D eigenvalue weighted by atomic mass is 9.80. The van der Waals surface area contributed by atoms with E-state index in [0.717, 1.165) is 11.8 Å². The van der Waals surface area contributed by atoms with Crippen LogP contribution < -0.4 is 5.32 Å². The number of hydrogen-bond donors (Lipinski definition) is 1. The van der Waals surface area contributed by atoms with E-state index in [1.54, 1.807) is 0 Å². The summed E-state index contributed by atoms with van der Waals surface area (Å²) >= 11 is 1.96. The lowest BCUT2D eigenvalue weighted by Gasteiger charge is -2.28. The van der Waals surface area contributed by atoms with Gasteiger partial charge < -0.3 is 5.32 Å². The molecule has 16 heavy (non-hydrogen) atoms. The quantitative estimate of drug-likeness (QED) is 0.648. The van der Waals surface area contributed by atoms with Crippen molar-refractivity contribution in [2.45, 2.75) is 51.9 Å². The maximum atomic E-state index is 3.65. The van der Waals surface area contributed by atoms with Crippen molar-refractivity contribution in [3.05, 3.63) is 0 Å². The van der Waals surface area contributed by atoms with Gasteiger partial charge in [-0.05, 0) is 62.6 Å². The van der Waals surface area contributed by atoms with Crippen molar-refractivity contribution < 1.29 is 0 Å². The summed E-state index contributed by atoms with van der Waals surface area (Å²) in [5.74, 6) is 3.32. The first-order valence-corrected chi connectivity index (χ1v) is 8.45. The molecule has 1 nitrogen and oxygen atoms in total. The second-order valence-electron chi connectivity index (χ2n) is 5.21. The average Bonchev–Trinajstić information content (AvgIpc) is 2.34. The Balaban J connectivity index is 1.95. The van der Waals surface area contributed by atoms with Crippen LogP contribution in [0, 0.1) is 11.8 Å². The summed E-state index contributed by atoms with van der Waals surface area (Å²) in [7, 11) is 0. The number of hydrogen-bond acceptors (Lipinski definition) is 2. The van der Waals surface area contributed by atoms with Crippen LogP contribution in [0.15, 0.2) is 0 Å². The SMILES string of the molecule is CCC1CCCC(CNCCCCSC)C1. The van der Waals surface area contributed by atoms with Gasteiger partial charge in [-0.1, -0.05) is 26.2 Å². The standard InChI is InChI=1S/C14H29NS/c1-3-13-7-6-8-14(11-13)12-15-9-4-5-10-16-2/h13-15H,3-12H2,1-2H3. The molecule has 1 rings (SSSR count). The Labute approximate surface area is 106 Å². The van der Waals surface area contributed by atoms with E-state index in [4.69, 9.17) is 0 Å². The van der Waals surface area contributed by atoms with E-state index in [2.05, 4.69) is 18.5 Å². The van der Waals surface area contributed by atoms with Crippen molar-refractivity contribution in [1.29, 1.82) is 0 Å². The van der Waals surface area contributed by atoms with Gasteiger partial charge in [-0.25, -0.2) is 0 Å². The largest absolute Gasteiger partial charge is 0.316 e. The summed E-state index contributed by atoms with van der Waals surface area (Å²) in [6.45, 7) is 4.85. The summed E-state index contributed by atoms with van der Waals surface area (Å²) in [6.07, 6.45) is 12.2. The van der Waals surface area contributed by atoms with Crippen LogP contribution in [0.2, 0.25) is 0 Å². The molecule has 1 aliphatic rings. The lowest BCUT2D eigenvalue weighted by Crippen LogP contribution is -2.27. The fourth-order valence-electron chi connectivity index (χ4n) is 2.76. The molecule has 2 heteroatoms. The monoisotopic (exact) mass is 243 g/mol. The first-order chi connectivity index (χ1) is 7.86. The molecule has 0 radical (unpaired) electrons. The van der Waals surface area contributed by atoms with Crippen LogP contribution in [-0.2, 0) is 0 Å². The molecule has 96 valence electrons. The highest BCUT2D eigenvalue weighted by atomic mass is 32.2. The van der Waals surface area contributed by atoms with Crippen LogP contribution >= 0.6 is 11.8 Å². The summed E-state index contributed by atoms with van der Waals surface area (Å²) in [5.41, 5.74) is 0. The minimum Gasteiger partial charge on any atom is -0.316 e. The predicted octanol–water partition coefficient (Wildman–Crippen LogP) is 3.94. The fraction of sp³-hybridized carbons (Fsp3) is 1.00. The van der Waals surface area contributed by atoms with E-state index >= 15 is 0 Å². The zero-order valence-corrected chi connectivity index (χ0v) is 12.0. The van der Waals surface area contributed by atoms with Gasteiger partial charge in [0.25, 0.3) is 0 Å². The van der Waals surface area contributed by atoms with Gasteiger partial charge >= 0.3 is 0 Å². The van der Waals surface area contributed by atoms with Crippen molar-refractivity contribution in [2.75, 3.05) is 25.1 Å². The zero-order chi connectivity index (χ0) is 11.6. The number of thioether (sulfide) groups is 1. The van der Waals surface area contributed by atoms with Gasteiger partial charge in [-0.15, -0.1) is 0 Å². The Hall–Kier alpha value is 0.310. The Morgan fingerprint density at radius 2 is 2.00 bits per heavy atom. The molecule has 0 bridgehead atoms. The summed E-state index contributed by atoms with van der Waals surface area (Å²) in [6, 6.07) is 0. The van der Waals surface area contributed by atoms with Gasteiger partial charge in [-0.3, -0.25) is 0 Å². The number of rotatable bonds is 8. The van der Waals surface area contributed by atoms with Crippen molar-refractivity contribution in [3.8, 4) is 0 Å². The van der Waals surface area contributed by atoms with Gasteiger partial charge in [0.15, 0.2) is 0 Å². The highest BCUT2D eigenvalue weighted by Crippen LogP contribution is 2.30. The Bertz CT molecular complexity index is 161. The first-order valence-electron chi connectivity index (χ1n) is 7.06. The van der Waals surface area contributed by atoms with Crippen molar-refractivity contribution in [2.24, 2.45) is 11.8 Å². The minimum absolute atomic E-state index is 0.972. The number of unbranched alkanes of at least 4 members (excludes halogenated alkanes) is 1. The van der Waals surface area contributed by atoms with Crippen molar-refractivity contribution >= 4 is 11.8 Å². The van der Waals surface area contributed by atoms with E-state index in [-0.39, 0.29) is 0 Å². The van der Waals surface area contributed by atoms with Crippen LogP contribution in [0.25, 0.3) is 0 Å². The molecule has 0 amide bonds. The minimum atomic E-state index is 0.972. The Morgan fingerprint density at radius 1 is 1.19 bits per heavy atom. The molecule has 0 heterocycles. The third-order valence-electron chi connectivity index (χ3n) is 3.85. The van der Waals surface area contributed by atoms with Gasteiger partial charge in [0, 0.05) is 0 Å². The first kappa shape index (κ1) is 14.4. The maximum Gasteiger partial charge on any atom is -0.00204 e. The molecule has 0 aromatic rings. The van der Waals surface area contributed by atoms with Crippen LogP contribution in [0.3, 0.4) is 0 Å². The van der Waals surface area contributed by atoms with Gasteiger partial charge in [0.1, 0.15) is 0 Å². The molecule has 1 N–H and O–H groups in total. The molecule has 0 spiro atoms. The molecular formula is C14H29NS. The number of nitrogens with one attached hydrogen (secondary N) is 1. The second kappa shape index (κ2) is 9.35. The van der Waals surface area contributed by atoms with E-state index < -0.39 is 0 Å². The van der Waals surface area contributed by atoms with Crippen molar-refractivity contribution in [3.63, 3.8) is 0 Å². The molecule has 0 aromatic carbocycles. The summed E-state index contributed by atoms with van der Waals surface area (Å²) < 4.78 is 0. The molecule has 0 aliphatic heterocycles. The topological polar surface area (TPSA) is 12.0 Å². The molecular weight excluding hydrogens is 214 g/mol. The maximum absolute atomic E-state index is 3.65. The molecule has 1 aliphatic carbocycles. The van der Waals surface area contributed by atoms with Crippen LogP contribution in [-0.4, -0.2) is 25.1 Å². The molecule has 0 aromatic heterocycles. The smallest absolute Gasteiger partial charge is 0.00204 e. The zero-order valence-electron chi connectivity index (χ0n) is 11.1. The fourth-order valence-corrected chi connectivity index (χ4v) is 3.25. The molecule has 2 atom stereocenters. The van der Waals surface area contributed by atoms with E-state index in [0.29, 0.717) is 0 Å². The van der Waals surface area contributed by atoms with E-state index in [1.165, 1.54) is 63.8 Å². The van der Waals surface area contributed by atoms with E-state index in [1.807, 2.05) is 11.8 Å². The van der Waals surface area contributed by atoms with Crippen LogP contribution in [0.1, 0.15) is 51.9 Å². The molecule has 1 saturated carbocycles. The average molecular weight is 243 g/mol. The van der Waals surface area contributed by atoms with Gasteiger partial charge in [0.2, 0.25) is 0 Å². The van der Waals surface area contributed by atoms with Crippen molar-refractivity contribution in [1.82, 2.24) is 5.32 Å². The highest BCUT2D eigenvalue weighted by Gasteiger charge is 2.19. The highest BCUT2D eigenvalue weighted by molar-refractivity contribution is 7.98. The Morgan fingerprint density at radius 3 is 2.75 bits per heavy atom. The Kier molecular flexibility index (Phi) is 8.40. The summed E-state index contributed by atoms with van der Waals surface area (Å²) in [4.78, 5) is 0.